The Balaban J connectivity index is 2.18. The molecule has 0 amide bonds. The van der Waals surface area contributed by atoms with Crippen LogP contribution in [-0.4, -0.2) is 30.5 Å². The molecule has 0 aromatic heterocycles. The van der Waals surface area contributed by atoms with E-state index in [1.807, 2.05) is 19.1 Å². The fraction of sp³-hybridized carbons (Fsp3) is 0.478. The van der Waals surface area contributed by atoms with Crippen LogP contribution in [0.5, 0.6) is 5.75 Å². The number of benzene rings is 1. The fourth-order valence-corrected chi connectivity index (χ4v) is 3.14. The number of hydrogen-bond donors (Lipinski definition) is 2. The fourth-order valence-electron chi connectivity index (χ4n) is 3.14. The summed E-state index contributed by atoms with van der Waals surface area (Å²) >= 11 is 0. The molecule has 2 atom stereocenters. The van der Waals surface area contributed by atoms with Crippen LogP contribution in [0.4, 0.5) is 0 Å². The first-order chi connectivity index (χ1) is 13.0. The number of ether oxygens (including phenoxy) is 2. The van der Waals surface area contributed by atoms with Gasteiger partial charge < -0.3 is 20.3 Å². The third kappa shape index (κ3) is 7.33. The minimum Gasteiger partial charge on any atom is -0.508 e. The van der Waals surface area contributed by atoms with Crippen molar-refractivity contribution in [3.63, 3.8) is 0 Å². The van der Waals surface area contributed by atoms with Crippen LogP contribution in [0, 0.1) is 6.92 Å². The van der Waals surface area contributed by atoms with Crippen LogP contribution in [-0.2, 0) is 22.5 Å². The van der Waals surface area contributed by atoms with Gasteiger partial charge in [-0.05, 0) is 74.9 Å². The van der Waals surface area contributed by atoms with Gasteiger partial charge in [0, 0.05) is 6.61 Å². The highest BCUT2D eigenvalue weighted by Gasteiger charge is 2.12. The van der Waals surface area contributed by atoms with Gasteiger partial charge in [-0.25, -0.2) is 0 Å². The molecule has 0 fully saturated rings. The Morgan fingerprint density at radius 2 is 2.11 bits per heavy atom. The van der Waals surface area contributed by atoms with Gasteiger partial charge in [-0.3, -0.25) is 0 Å². The predicted octanol–water partition coefficient (Wildman–Crippen LogP) is 4.34. The molecule has 0 spiro atoms. The van der Waals surface area contributed by atoms with Crippen LogP contribution in [0.1, 0.15) is 42.9 Å². The topological polar surface area (TPSA) is 64.7 Å². The molecule has 1 aliphatic rings. The van der Waals surface area contributed by atoms with Crippen molar-refractivity contribution in [2.45, 2.75) is 58.3 Å². The Hall–Kier alpha value is -1.88. The molecule has 1 aliphatic heterocycles. The Bertz CT molecular complexity index is 678. The first-order valence-electron chi connectivity index (χ1n) is 9.75. The van der Waals surface area contributed by atoms with Gasteiger partial charge in [0.2, 0.25) is 0 Å². The van der Waals surface area contributed by atoms with Crippen LogP contribution in [0.15, 0.2) is 48.6 Å². The van der Waals surface area contributed by atoms with Crippen molar-refractivity contribution in [1.82, 2.24) is 0 Å². The lowest BCUT2D eigenvalue weighted by atomic mass is 9.96. The Morgan fingerprint density at radius 3 is 2.89 bits per heavy atom. The van der Waals surface area contributed by atoms with Crippen LogP contribution in [0.25, 0.3) is 0 Å². The number of fused-ring (bicyclic) bond motifs is 1. The van der Waals surface area contributed by atoms with Crippen LogP contribution < -0.4 is 5.73 Å². The molecule has 1 unspecified atom stereocenters. The minimum atomic E-state index is 0.0364. The second-order valence-corrected chi connectivity index (χ2v) is 7.21. The Labute approximate surface area is 163 Å². The highest BCUT2D eigenvalue weighted by molar-refractivity contribution is 5.43. The van der Waals surface area contributed by atoms with Gasteiger partial charge in [0.05, 0.1) is 18.8 Å². The second kappa shape index (κ2) is 11.1. The van der Waals surface area contributed by atoms with Crippen molar-refractivity contribution in [3.8, 4) is 5.75 Å². The molecule has 0 bridgehead atoms. The minimum absolute atomic E-state index is 0.0364. The molecule has 0 radical (unpaired) electrons. The lowest BCUT2D eigenvalue weighted by molar-refractivity contribution is 0.0538. The van der Waals surface area contributed by atoms with Gasteiger partial charge in [-0.2, -0.15) is 0 Å². The maximum atomic E-state index is 9.99. The summed E-state index contributed by atoms with van der Waals surface area (Å²) < 4.78 is 12.0. The molecule has 27 heavy (non-hydrogen) atoms. The predicted molar refractivity (Wildman–Crippen MR) is 111 cm³/mol. The van der Waals surface area contributed by atoms with E-state index in [-0.39, 0.29) is 18.0 Å². The summed E-state index contributed by atoms with van der Waals surface area (Å²) in [5, 5.41) is 9.99. The summed E-state index contributed by atoms with van der Waals surface area (Å²) in [6.07, 6.45) is 11.7. The molecule has 4 heteroatoms. The zero-order valence-electron chi connectivity index (χ0n) is 16.6. The Kier molecular flexibility index (Phi) is 8.79. The van der Waals surface area contributed by atoms with Crippen molar-refractivity contribution in [2.24, 2.45) is 5.73 Å². The van der Waals surface area contributed by atoms with E-state index in [9.17, 15) is 5.11 Å². The molecule has 0 saturated heterocycles. The molecule has 1 aromatic rings. The number of allylic oxidation sites excluding steroid dienone is 2. The smallest absolute Gasteiger partial charge is 0.116 e. The summed E-state index contributed by atoms with van der Waals surface area (Å²) in [5.41, 5.74) is 9.80. The Morgan fingerprint density at radius 1 is 1.30 bits per heavy atom. The van der Waals surface area contributed by atoms with Crippen molar-refractivity contribution in [2.75, 3.05) is 13.2 Å². The summed E-state index contributed by atoms with van der Waals surface area (Å²) in [6.45, 7) is 10.1. The largest absolute Gasteiger partial charge is 0.508 e. The maximum absolute atomic E-state index is 9.99. The summed E-state index contributed by atoms with van der Waals surface area (Å²) in [4.78, 5) is 0. The third-order valence-electron chi connectivity index (χ3n) is 4.70. The van der Waals surface area contributed by atoms with Crippen molar-refractivity contribution in [1.29, 1.82) is 0 Å². The van der Waals surface area contributed by atoms with Crippen molar-refractivity contribution < 1.29 is 14.6 Å². The molecular formula is C23H33NO3. The van der Waals surface area contributed by atoms with E-state index in [2.05, 4.69) is 31.7 Å². The third-order valence-corrected chi connectivity index (χ3v) is 4.70. The highest BCUT2D eigenvalue weighted by Crippen LogP contribution is 2.25. The van der Waals surface area contributed by atoms with Crippen molar-refractivity contribution >= 4 is 0 Å². The van der Waals surface area contributed by atoms with E-state index in [0.29, 0.717) is 26.2 Å². The SMILES string of the molecule is C=C1/C=C/CC(OCCCN)/C=C/C[C@@H](C)OCc2c(C)cc(O)cc2C1. The molecule has 0 saturated carbocycles. The second-order valence-electron chi connectivity index (χ2n) is 7.21. The summed E-state index contributed by atoms with van der Waals surface area (Å²) in [7, 11) is 0. The van der Waals surface area contributed by atoms with E-state index in [1.165, 1.54) is 0 Å². The van der Waals surface area contributed by atoms with Crippen LogP contribution in [0.2, 0.25) is 0 Å². The van der Waals surface area contributed by atoms with E-state index in [0.717, 1.165) is 41.5 Å². The molecular weight excluding hydrogens is 338 g/mol. The van der Waals surface area contributed by atoms with Gasteiger partial charge >= 0.3 is 0 Å². The number of aromatic hydroxyl groups is 1. The number of phenolic OH excluding ortho intramolecular Hbond substituents is 1. The molecule has 148 valence electrons. The van der Waals surface area contributed by atoms with Gasteiger partial charge in [-0.15, -0.1) is 0 Å². The molecule has 1 heterocycles. The number of phenols is 1. The van der Waals surface area contributed by atoms with E-state index < -0.39 is 0 Å². The average molecular weight is 372 g/mol. The quantitative estimate of drug-likeness (QED) is 0.610. The first-order valence-corrected chi connectivity index (χ1v) is 9.75. The number of rotatable bonds is 4. The molecule has 1 aromatic carbocycles. The van der Waals surface area contributed by atoms with E-state index in [1.54, 1.807) is 6.07 Å². The number of aryl methyl sites for hydroxylation is 1. The average Bonchev–Trinajstić information content (AvgIpc) is 2.60. The summed E-state index contributed by atoms with van der Waals surface area (Å²) in [6, 6.07) is 3.61. The lowest BCUT2D eigenvalue weighted by Gasteiger charge is -2.18. The molecule has 2 rings (SSSR count). The normalized spacial score (nSPS) is 24.0. The summed E-state index contributed by atoms with van der Waals surface area (Å²) in [5.74, 6) is 0.286. The van der Waals surface area contributed by atoms with Gasteiger partial charge in [0.25, 0.3) is 0 Å². The molecule has 4 nitrogen and oxygen atoms in total. The van der Waals surface area contributed by atoms with Gasteiger partial charge in [0.1, 0.15) is 5.75 Å². The van der Waals surface area contributed by atoms with Crippen molar-refractivity contribution in [3.05, 3.63) is 65.3 Å². The van der Waals surface area contributed by atoms with Crippen LogP contribution >= 0.6 is 0 Å². The number of nitrogens with two attached hydrogens (primary N) is 1. The van der Waals surface area contributed by atoms with Gasteiger partial charge in [-0.1, -0.05) is 36.5 Å². The molecule has 0 aliphatic carbocycles. The maximum Gasteiger partial charge on any atom is 0.116 e. The monoisotopic (exact) mass is 371 g/mol. The van der Waals surface area contributed by atoms with Gasteiger partial charge in [0.15, 0.2) is 0 Å². The van der Waals surface area contributed by atoms with E-state index in [4.69, 9.17) is 15.2 Å². The number of hydrogen-bond acceptors (Lipinski definition) is 4. The lowest BCUT2D eigenvalue weighted by Crippen LogP contribution is -2.14. The van der Waals surface area contributed by atoms with E-state index >= 15 is 0 Å². The standard InChI is InChI=1S/C23H33NO3/c1-17-7-4-9-22(26-12-6-11-24)10-5-8-19(3)27-16-23-18(2)14-21(25)15-20(23)13-17/h4-5,7,10,14-15,19,22,25H,1,6,8-9,11-13,16,24H2,2-3H3/b7-4+,10-5+/t19-,22?/m1/s1. The first kappa shape index (κ1) is 21.4. The highest BCUT2D eigenvalue weighted by atomic mass is 16.5. The molecule has 3 N–H and O–H groups in total. The zero-order chi connectivity index (χ0) is 19.6. The van der Waals surface area contributed by atoms with Crippen LogP contribution in [0.3, 0.4) is 0 Å². The zero-order valence-corrected chi connectivity index (χ0v) is 16.6.